The van der Waals surface area contributed by atoms with E-state index >= 15 is 0 Å². The van der Waals surface area contributed by atoms with E-state index < -0.39 is 0 Å². The van der Waals surface area contributed by atoms with Crippen molar-refractivity contribution in [3.8, 4) is 0 Å². The fourth-order valence-corrected chi connectivity index (χ4v) is 3.76. The van der Waals surface area contributed by atoms with E-state index in [0.29, 0.717) is 11.5 Å². The molecule has 1 saturated heterocycles. The van der Waals surface area contributed by atoms with Crippen molar-refractivity contribution in [2.24, 2.45) is 5.41 Å². The quantitative estimate of drug-likeness (QED) is 0.893. The van der Waals surface area contributed by atoms with E-state index in [2.05, 4.69) is 24.1 Å². The molecule has 1 aliphatic carbocycles. The first-order chi connectivity index (χ1) is 11.4. The highest BCUT2D eigenvalue weighted by Gasteiger charge is 2.27. The number of nitrogens with zero attached hydrogens (tertiary/aromatic N) is 1. The Bertz CT molecular complexity index is 550. The smallest absolute Gasteiger partial charge is 0.251 e. The Morgan fingerprint density at radius 2 is 1.67 bits per heavy atom. The zero-order valence-corrected chi connectivity index (χ0v) is 14.9. The molecule has 2 fully saturated rings. The molecule has 0 bridgehead atoms. The van der Waals surface area contributed by atoms with Crippen LogP contribution < -0.4 is 10.2 Å². The highest BCUT2D eigenvalue weighted by atomic mass is 16.3. The van der Waals surface area contributed by atoms with Gasteiger partial charge in [-0.25, -0.2) is 0 Å². The van der Waals surface area contributed by atoms with Crippen molar-refractivity contribution in [1.29, 1.82) is 0 Å². The van der Waals surface area contributed by atoms with Crippen LogP contribution >= 0.6 is 0 Å². The van der Waals surface area contributed by atoms with Gasteiger partial charge in [0.15, 0.2) is 0 Å². The number of piperidine rings is 1. The molecule has 1 aromatic rings. The van der Waals surface area contributed by atoms with Gasteiger partial charge in [0.25, 0.3) is 5.91 Å². The number of hydrogen-bond donors (Lipinski definition) is 2. The minimum atomic E-state index is -0.160. The lowest BCUT2D eigenvalue weighted by atomic mass is 9.75. The average Bonchev–Trinajstić information content (AvgIpc) is 2.58. The molecule has 2 aliphatic rings. The van der Waals surface area contributed by atoms with Crippen LogP contribution in [-0.4, -0.2) is 36.2 Å². The van der Waals surface area contributed by atoms with Crippen LogP contribution in [0.5, 0.6) is 0 Å². The summed E-state index contributed by atoms with van der Waals surface area (Å²) in [6.07, 6.45) is 5.99. The predicted molar refractivity (Wildman–Crippen MR) is 97.4 cm³/mol. The molecule has 2 N–H and O–H groups in total. The Kier molecular flexibility index (Phi) is 5.14. The number of benzene rings is 1. The van der Waals surface area contributed by atoms with Crippen LogP contribution in [0.3, 0.4) is 0 Å². The van der Waals surface area contributed by atoms with Gasteiger partial charge in [0.05, 0.1) is 6.10 Å². The van der Waals surface area contributed by atoms with Gasteiger partial charge in [-0.15, -0.1) is 0 Å². The molecular weight excluding hydrogens is 300 g/mol. The Morgan fingerprint density at radius 3 is 2.25 bits per heavy atom. The van der Waals surface area contributed by atoms with Gasteiger partial charge in [-0.1, -0.05) is 13.8 Å². The first-order valence-electron chi connectivity index (χ1n) is 9.27. The lowest BCUT2D eigenvalue weighted by Crippen LogP contribution is -2.39. The number of aliphatic hydroxyl groups is 1. The van der Waals surface area contributed by atoms with Crippen LogP contribution in [0.25, 0.3) is 0 Å². The number of nitrogens with one attached hydrogen (secondary N) is 1. The molecule has 1 aliphatic heterocycles. The predicted octanol–water partition coefficient (Wildman–Crippen LogP) is 3.35. The van der Waals surface area contributed by atoms with Gasteiger partial charge in [-0.2, -0.15) is 0 Å². The molecule has 4 nitrogen and oxygen atoms in total. The summed E-state index contributed by atoms with van der Waals surface area (Å²) in [6, 6.07) is 8.20. The van der Waals surface area contributed by atoms with Crippen molar-refractivity contribution in [3.63, 3.8) is 0 Å². The molecule has 1 amide bonds. The van der Waals surface area contributed by atoms with E-state index in [1.54, 1.807) is 0 Å². The maximum atomic E-state index is 12.4. The monoisotopic (exact) mass is 330 g/mol. The Morgan fingerprint density at radius 1 is 1.08 bits per heavy atom. The van der Waals surface area contributed by atoms with Crippen LogP contribution in [0.2, 0.25) is 0 Å². The molecule has 0 spiro atoms. The summed E-state index contributed by atoms with van der Waals surface area (Å²) in [5.41, 5.74) is 2.30. The largest absolute Gasteiger partial charge is 0.393 e. The summed E-state index contributed by atoms with van der Waals surface area (Å²) in [5.74, 6) is 0.0420. The van der Waals surface area contributed by atoms with Gasteiger partial charge in [-0.3, -0.25) is 4.79 Å². The van der Waals surface area contributed by atoms with Crippen molar-refractivity contribution < 1.29 is 9.90 Å². The number of hydrogen-bond acceptors (Lipinski definition) is 3. The molecule has 24 heavy (non-hydrogen) atoms. The summed E-state index contributed by atoms with van der Waals surface area (Å²) in [4.78, 5) is 14.7. The molecule has 3 rings (SSSR count). The maximum Gasteiger partial charge on any atom is 0.251 e. The van der Waals surface area contributed by atoms with Gasteiger partial charge < -0.3 is 15.3 Å². The fourth-order valence-electron chi connectivity index (χ4n) is 3.76. The van der Waals surface area contributed by atoms with Crippen LogP contribution in [0.1, 0.15) is 62.7 Å². The number of aliphatic hydroxyl groups excluding tert-OH is 1. The van der Waals surface area contributed by atoms with Gasteiger partial charge in [0.1, 0.15) is 0 Å². The molecule has 0 unspecified atom stereocenters. The van der Waals surface area contributed by atoms with Crippen molar-refractivity contribution in [1.82, 2.24) is 5.32 Å². The lowest BCUT2D eigenvalue weighted by molar-refractivity contribution is 0.0909. The van der Waals surface area contributed by atoms with Crippen LogP contribution in [0.4, 0.5) is 5.69 Å². The van der Waals surface area contributed by atoms with Gasteiger partial charge in [0, 0.05) is 30.4 Å². The van der Waals surface area contributed by atoms with Crippen LogP contribution in [0.15, 0.2) is 24.3 Å². The number of amides is 1. The molecule has 1 aromatic carbocycles. The minimum Gasteiger partial charge on any atom is -0.393 e. The van der Waals surface area contributed by atoms with E-state index in [0.717, 1.165) is 50.0 Å². The lowest BCUT2D eigenvalue weighted by Gasteiger charge is -2.34. The summed E-state index contributed by atoms with van der Waals surface area (Å²) >= 11 is 0. The zero-order chi connectivity index (χ0) is 17.2. The van der Waals surface area contributed by atoms with Crippen molar-refractivity contribution in [3.05, 3.63) is 29.8 Å². The first kappa shape index (κ1) is 17.3. The summed E-state index contributed by atoms with van der Waals surface area (Å²) in [7, 11) is 0. The molecule has 0 aromatic heterocycles. The average molecular weight is 330 g/mol. The number of carbonyl (C=O) groups excluding carboxylic acids is 1. The normalized spacial score (nSPS) is 22.4. The van der Waals surface area contributed by atoms with Crippen molar-refractivity contribution in [2.45, 2.75) is 64.5 Å². The Hall–Kier alpha value is -1.55. The van der Waals surface area contributed by atoms with E-state index in [4.69, 9.17) is 0 Å². The molecule has 0 atom stereocenters. The molecular formula is C20H30N2O2. The van der Waals surface area contributed by atoms with Crippen molar-refractivity contribution in [2.75, 3.05) is 18.0 Å². The standard InChI is InChI=1S/C20H30N2O2/c1-20(2)11-7-16(8-12-20)21-19(24)15-3-5-17(6-4-15)22-13-9-18(23)10-14-22/h3-6,16,18,23H,7-14H2,1-2H3,(H,21,24). The maximum absolute atomic E-state index is 12.4. The minimum absolute atomic E-state index is 0.0420. The third kappa shape index (κ3) is 4.29. The molecule has 0 radical (unpaired) electrons. The van der Waals surface area contributed by atoms with E-state index in [1.165, 1.54) is 12.8 Å². The highest BCUT2D eigenvalue weighted by Crippen LogP contribution is 2.35. The summed E-state index contributed by atoms with van der Waals surface area (Å²) in [5, 5.41) is 12.8. The second-order valence-corrected chi connectivity index (χ2v) is 8.18. The van der Waals surface area contributed by atoms with Gasteiger partial charge in [-0.05, 0) is 68.2 Å². The first-order valence-corrected chi connectivity index (χ1v) is 9.27. The number of rotatable bonds is 3. The van der Waals surface area contributed by atoms with Gasteiger partial charge in [0.2, 0.25) is 0 Å². The SMILES string of the molecule is CC1(C)CCC(NC(=O)c2ccc(N3CCC(O)CC3)cc2)CC1. The number of carbonyl (C=O) groups is 1. The van der Waals surface area contributed by atoms with E-state index in [1.807, 2.05) is 24.3 Å². The second-order valence-electron chi connectivity index (χ2n) is 8.18. The van der Waals surface area contributed by atoms with Crippen LogP contribution in [-0.2, 0) is 0 Å². The molecule has 1 heterocycles. The molecule has 4 heteroatoms. The fraction of sp³-hybridized carbons (Fsp3) is 0.650. The number of anilines is 1. The summed E-state index contributed by atoms with van der Waals surface area (Å²) < 4.78 is 0. The van der Waals surface area contributed by atoms with E-state index in [-0.39, 0.29) is 12.0 Å². The Balaban J connectivity index is 1.54. The van der Waals surface area contributed by atoms with Crippen LogP contribution in [0, 0.1) is 5.41 Å². The van der Waals surface area contributed by atoms with E-state index in [9.17, 15) is 9.90 Å². The van der Waals surface area contributed by atoms with Gasteiger partial charge >= 0.3 is 0 Å². The third-order valence-corrected chi connectivity index (χ3v) is 5.63. The highest BCUT2D eigenvalue weighted by molar-refractivity contribution is 5.94. The molecule has 132 valence electrons. The molecule has 1 saturated carbocycles. The zero-order valence-electron chi connectivity index (χ0n) is 14.9. The Labute approximate surface area is 145 Å². The topological polar surface area (TPSA) is 52.6 Å². The second kappa shape index (κ2) is 7.14. The van der Waals surface area contributed by atoms with Crippen molar-refractivity contribution >= 4 is 11.6 Å². The third-order valence-electron chi connectivity index (χ3n) is 5.63. The summed E-state index contributed by atoms with van der Waals surface area (Å²) in [6.45, 7) is 6.38.